The van der Waals surface area contributed by atoms with Crippen molar-refractivity contribution in [3.05, 3.63) is 60.2 Å². The molecule has 0 aromatic heterocycles. The molecule has 7 nitrogen and oxygen atoms in total. The molecule has 0 heterocycles. The van der Waals surface area contributed by atoms with Crippen molar-refractivity contribution < 1.29 is 22.7 Å². The molecule has 0 aliphatic carbocycles. The summed E-state index contributed by atoms with van der Waals surface area (Å²) in [7, 11) is -2.18. The molecule has 0 saturated carbocycles. The van der Waals surface area contributed by atoms with Crippen molar-refractivity contribution in [1.29, 1.82) is 0 Å². The highest BCUT2D eigenvalue weighted by molar-refractivity contribution is 7.98. The van der Waals surface area contributed by atoms with E-state index in [4.69, 9.17) is 9.47 Å². The highest BCUT2D eigenvalue weighted by Crippen LogP contribution is 2.14. The van der Waals surface area contributed by atoms with Crippen molar-refractivity contribution in [2.24, 2.45) is 0 Å². The quantitative estimate of drug-likeness (QED) is 0.454. The van der Waals surface area contributed by atoms with Crippen LogP contribution in [-0.4, -0.2) is 52.7 Å². The molecule has 1 unspecified atom stereocenters. The van der Waals surface area contributed by atoms with Crippen LogP contribution in [-0.2, 0) is 26.1 Å². The fraction of sp³-hybridized carbons (Fsp3) is 0.381. The fourth-order valence-electron chi connectivity index (χ4n) is 2.63. The van der Waals surface area contributed by atoms with Gasteiger partial charge in [0.05, 0.1) is 11.5 Å². The van der Waals surface area contributed by atoms with E-state index in [1.54, 1.807) is 37.1 Å². The third-order valence-electron chi connectivity index (χ3n) is 4.20. The van der Waals surface area contributed by atoms with E-state index in [1.807, 2.05) is 30.5 Å². The van der Waals surface area contributed by atoms with Crippen LogP contribution >= 0.6 is 11.8 Å². The van der Waals surface area contributed by atoms with E-state index >= 15 is 0 Å². The molecule has 1 atom stereocenters. The minimum atomic E-state index is -3.79. The van der Waals surface area contributed by atoms with E-state index in [-0.39, 0.29) is 17.3 Å². The Morgan fingerprint density at radius 2 is 1.87 bits per heavy atom. The first-order valence-corrected chi connectivity index (χ1v) is 12.4. The first-order chi connectivity index (χ1) is 14.5. The number of sulfonamides is 1. The van der Waals surface area contributed by atoms with E-state index in [1.165, 1.54) is 12.1 Å². The second kappa shape index (κ2) is 12.6. The molecule has 2 aromatic carbocycles. The van der Waals surface area contributed by atoms with Crippen LogP contribution < -0.4 is 14.8 Å². The van der Waals surface area contributed by atoms with E-state index in [9.17, 15) is 13.2 Å². The molecule has 30 heavy (non-hydrogen) atoms. The van der Waals surface area contributed by atoms with Crippen LogP contribution in [0.3, 0.4) is 0 Å². The number of carbonyl (C=O) groups excluding carboxylic acids is 1. The number of hydrogen-bond acceptors (Lipinski definition) is 6. The second-order valence-corrected chi connectivity index (χ2v) is 9.17. The Labute approximate surface area is 182 Å². The monoisotopic (exact) mass is 452 g/mol. The number of nitrogens with one attached hydrogen (secondary N) is 2. The second-order valence-electron chi connectivity index (χ2n) is 6.47. The van der Waals surface area contributed by atoms with Crippen molar-refractivity contribution in [1.82, 2.24) is 10.0 Å². The number of carbonyl (C=O) groups is 1. The van der Waals surface area contributed by atoms with Gasteiger partial charge in [0, 0.05) is 13.7 Å². The lowest BCUT2D eigenvalue weighted by Crippen LogP contribution is -2.46. The lowest BCUT2D eigenvalue weighted by Gasteiger charge is -2.18. The molecule has 0 aliphatic heterocycles. The average molecular weight is 453 g/mol. The number of thioether (sulfide) groups is 1. The van der Waals surface area contributed by atoms with Gasteiger partial charge in [-0.3, -0.25) is 4.79 Å². The molecule has 0 bridgehead atoms. The number of amides is 1. The van der Waals surface area contributed by atoms with E-state index < -0.39 is 16.1 Å². The summed E-state index contributed by atoms with van der Waals surface area (Å²) in [6, 6.07) is 14.6. The molecule has 0 spiro atoms. The number of benzene rings is 2. The summed E-state index contributed by atoms with van der Waals surface area (Å²) in [5, 5.41) is 2.82. The minimum Gasteiger partial charge on any atom is -0.491 e. The third-order valence-corrected chi connectivity index (χ3v) is 6.33. The molecular formula is C21H28N2O5S2. The van der Waals surface area contributed by atoms with Gasteiger partial charge >= 0.3 is 0 Å². The van der Waals surface area contributed by atoms with Crippen molar-refractivity contribution >= 4 is 27.7 Å². The minimum absolute atomic E-state index is 0.132. The van der Waals surface area contributed by atoms with Gasteiger partial charge in [0.1, 0.15) is 18.4 Å². The van der Waals surface area contributed by atoms with Crippen LogP contribution in [0.5, 0.6) is 5.75 Å². The Balaban J connectivity index is 2.01. The Bertz CT molecular complexity index is 891. The van der Waals surface area contributed by atoms with Crippen LogP contribution in [0.15, 0.2) is 59.5 Å². The molecule has 1 amide bonds. The van der Waals surface area contributed by atoms with Crippen LogP contribution in [0.2, 0.25) is 0 Å². The summed E-state index contributed by atoms with van der Waals surface area (Å²) >= 11 is 1.55. The highest BCUT2D eigenvalue weighted by atomic mass is 32.2. The zero-order valence-electron chi connectivity index (χ0n) is 17.2. The topological polar surface area (TPSA) is 93.7 Å². The largest absolute Gasteiger partial charge is 0.491 e. The van der Waals surface area contributed by atoms with Gasteiger partial charge in [-0.25, -0.2) is 8.42 Å². The lowest BCUT2D eigenvalue weighted by molar-refractivity contribution is -0.122. The van der Waals surface area contributed by atoms with Gasteiger partial charge in [0.25, 0.3) is 0 Å². The third kappa shape index (κ3) is 7.98. The maximum Gasteiger partial charge on any atom is 0.241 e. The standard InChI is InChI=1S/C21H28N2O5S2/c1-27-12-13-28-18-8-6-7-17(15-18)16-22-21(24)20(11-14-29-2)23-30(25,26)19-9-4-3-5-10-19/h3-10,15,20,23H,11-14,16H2,1-2H3,(H,22,24). The van der Waals surface area contributed by atoms with Crippen molar-refractivity contribution in [2.75, 3.05) is 32.3 Å². The maximum absolute atomic E-state index is 12.7. The number of hydrogen-bond donors (Lipinski definition) is 2. The summed E-state index contributed by atoms with van der Waals surface area (Å²) in [5.41, 5.74) is 0.854. The molecule has 2 N–H and O–H groups in total. The zero-order chi connectivity index (χ0) is 21.8. The van der Waals surface area contributed by atoms with Crippen molar-refractivity contribution in [2.45, 2.75) is 23.9 Å². The van der Waals surface area contributed by atoms with Crippen LogP contribution in [0.4, 0.5) is 0 Å². The van der Waals surface area contributed by atoms with Gasteiger partial charge in [0.15, 0.2) is 0 Å². The van der Waals surface area contributed by atoms with E-state index in [0.29, 0.717) is 31.1 Å². The molecule has 0 aliphatic rings. The number of rotatable bonds is 13. The molecule has 164 valence electrons. The Morgan fingerprint density at radius 1 is 1.10 bits per heavy atom. The van der Waals surface area contributed by atoms with Crippen LogP contribution in [0, 0.1) is 0 Å². The summed E-state index contributed by atoms with van der Waals surface area (Å²) in [6.45, 7) is 1.19. The SMILES string of the molecule is COCCOc1cccc(CNC(=O)C(CCSC)NS(=O)(=O)c2ccccc2)c1. The van der Waals surface area contributed by atoms with Gasteiger partial charge in [-0.15, -0.1) is 0 Å². The first-order valence-electron chi connectivity index (χ1n) is 9.51. The Kier molecular flexibility index (Phi) is 10.2. The predicted octanol–water partition coefficient (Wildman–Crippen LogP) is 2.43. The van der Waals surface area contributed by atoms with Gasteiger partial charge in [-0.1, -0.05) is 30.3 Å². The normalized spacial score (nSPS) is 12.3. The molecule has 0 radical (unpaired) electrons. The first kappa shape index (κ1) is 24.2. The van der Waals surface area contributed by atoms with Gasteiger partial charge in [-0.2, -0.15) is 16.5 Å². The summed E-state index contributed by atoms with van der Waals surface area (Å²) < 4.78 is 38.3. The van der Waals surface area contributed by atoms with Crippen LogP contribution in [0.1, 0.15) is 12.0 Å². The Morgan fingerprint density at radius 3 is 2.57 bits per heavy atom. The average Bonchev–Trinajstić information content (AvgIpc) is 2.76. The molecule has 2 rings (SSSR count). The van der Waals surface area contributed by atoms with Gasteiger partial charge in [0.2, 0.25) is 15.9 Å². The van der Waals surface area contributed by atoms with E-state index in [2.05, 4.69) is 10.0 Å². The summed E-state index contributed by atoms with van der Waals surface area (Å²) in [6.07, 6.45) is 2.30. The number of methoxy groups -OCH3 is 1. The molecule has 0 fully saturated rings. The molecule has 0 saturated heterocycles. The van der Waals surface area contributed by atoms with Gasteiger partial charge in [-0.05, 0) is 48.3 Å². The highest BCUT2D eigenvalue weighted by Gasteiger charge is 2.25. The fourth-order valence-corrected chi connectivity index (χ4v) is 4.36. The summed E-state index contributed by atoms with van der Waals surface area (Å²) in [5.74, 6) is 0.967. The molecule has 2 aromatic rings. The summed E-state index contributed by atoms with van der Waals surface area (Å²) in [4.78, 5) is 12.9. The smallest absolute Gasteiger partial charge is 0.241 e. The number of ether oxygens (including phenoxy) is 2. The maximum atomic E-state index is 12.7. The van der Waals surface area contributed by atoms with E-state index in [0.717, 1.165) is 5.56 Å². The zero-order valence-corrected chi connectivity index (χ0v) is 18.8. The van der Waals surface area contributed by atoms with Crippen molar-refractivity contribution in [3.8, 4) is 5.75 Å². The lowest BCUT2D eigenvalue weighted by atomic mass is 10.2. The molecular weight excluding hydrogens is 424 g/mol. The van der Waals surface area contributed by atoms with Gasteiger partial charge < -0.3 is 14.8 Å². The Hall–Kier alpha value is -2.07. The van der Waals surface area contributed by atoms with Crippen LogP contribution in [0.25, 0.3) is 0 Å². The molecule has 9 heteroatoms. The van der Waals surface area contributed by atoms with Crippen molar-refractivity contribution in [3.63, 3.8) is 0 Å². The predicted molar refractivity (Wildman–Crippen MR) is 119 cm³/mol.